The lowest BCUT2D eigenvalue weighted by Gasteiger charge is -2.23. The van der Waals surface area contributed by atoms with Crippen molar-refractivity contribution < 1.29 is 9.47 Å². The zero-order valence-electron chi connectivity index (χ0n) is 27.8. The normalized spacial score (nSPS) is 11.4. The Kier molecular flexibility index (Phi) is 7.77. The highest BCUT2D eigenvalue weighted by Crippen LogP contribution is 2.49. The van der Waals surface area contributed by atoms with Crippen LogP contribution in [0.4, 0.5) is 0 Å². The van der Waals surface area contributed by atoms with Gasteiger partial charge in [0.2, 0.25) is 0 Å². The predicted octanol–water partition coefficient (Wildman–Crippen LogP) is 11.6. The molecule has 0 fully saturated rings. The Morgan fingerprint density at radius 3 is 1.37 bits per heavy atom. The lowest BCUT2D eigenvalue weighted by molar-refractivity contribution is 0.360. The lowest BCUT2D eigenvalue weighted by Crippen LogP contribution is -2.01. The quantitative estimate of drug-likeness (QED) is 0.175. The first-order chi connectivity index (χ1) is 25.7. The molecule has 8 aromatic rings. The largest absolute Gasteiger partial charge is 0.449 e. The molecule has 0 N–H and O–H groups in total. The highest BCUT2D eigenvalue weighted by atomic mass is 16.6. The number of benzene rings is 7. The van der Waals surface area contributed by atoms with Crippen LogP contribution in [0, 0.1) is 11.3 Å². The van der Waals surface area contributed by atoms with Gasteiger partial charge in [-0.1, -0.05) is 127 Å². The number of hydrogen-bond acceptors (Lipinski definition) is 6. The van der Waals surface area contributed by atoms with Crippen molar-refractivity contribution in [2.75, 3.05) is 0 Å². The first kappa shape index (κ1) is 30.7. The molecule has 0 spiro atoms. The van der Waals surface area contributed by atoms with E-state index >= 15 is 0 Å². The summed E-state index contributed by atoms with van der Waals surface area (Å²) in [5.74, 6) is 4.28. The van der Waals surface area contributed by atoms with Crippen molar-refractivity contribution in [2.24, 2.45) is 0 Å². The molecule has 0 atom stereocenters. The SMILES string of the molecule is N#Cc1ccc(-c2cc3c(cc2-c2cccc(-c4nc(-c5ccccc5)nc(-c5ccc(-c6ccccc6)cc5)n4)c2)Oc2ccccc2O3)cc1. The summed E-state index contributed by atoms with van der Waals surface area (Å²) >= 11 is 0. The van der Waals surface area contributed by atoms with Crippen molar-refractivity contribution in [3.63, 3.8) is 0 Å². The number of nitriles is 1. The van der Waals surface area contributed by atoms with Crippen LogP contribution in [0.2, 0.25) is 0 Å². The summed E-state index contributed by atoms with van der Waals surface area (Å²) < 4.78 is 12.7. The molecule has 0 amide bonds. The van der Waals surface area contributed by atoms with Gasteiger partial charge in [-0.3, -0.25) is 0 Å². The number of nitrogens with zero attached hydrogens (tertiary/aromatic N) is 4. The van der Waals surface area contributed by atoms with Crippen LogP contribution in [-0.4, -0.2) is 15.0 Å². The Labute approximate surface area is 300 Å². The third-order valence-corrected chi connectivity index (χ3v) is 9.05. The minimum atomic E-state index is 0.559. The van der Waals surface area contributed by atoms with E-state index < -0.39 is 0 Å². The Balaban J connectivity index is 1.17. The molecular formula is C46H28N4O2. The molecule has 0 saturated heterocycles. The van der Waals surface area contributed by atoms with Gasteiger partial charge >= 0.3 is 0 Å². The van der Waals surface area contributed by atoms with Gasteiger partial charge in [-0.2, -0.15) is 5.26 Å². The molecule has 1 aromatic heterocycles. The molecule has 52 heavy (non-hydrogen) atoms. The van der Waals surface area contributed by atoms with Gasteiger partial charge in [0.05, 0.1) is 11.6 Å². The van der Waals surface area contributed by atoms with Gasteiger partial charge < -0.3 is 9.47 Å². The molecule has 0 saturated carbocycles. The maximum absolute atomic E-state index is 9.46. The van der Waals surface area contributed by atoms with E-state index in [9.17, 15) is 5.26 Å². The molecule has 0 unspecified atom stereocenters. The van der Waals surface area contributed by atoms with E-state index in [2.05, 4.69) is 54.6 Å². The monoisotopic (exact) mass is 668 g/mol. The Morgan fingerprint density at radius 2 is 0.769 bits per heavy atom. The van der Waals surface area contributed by atoms with Crippen molar-refractivity contribution in [2.45, 2.75) is 0 Å². The molecule has 7 aromatic carbocycles. The van der Waals surface area contributed by atoms with Gasteiger partial charge in [-0.25, -0.2) is 15.0 Å². The van der Waals surface area contributed by atoms with Crippen LogP contribution in [0.5, 0.6) is 23.0 Å². The van der Waals surface area contributed by atoms with Gasteiger partial charge in [0.25, 0.3) is 0 Å². The van der Waals surface area contributed by atoms with Crippen LogP contribution >= 0.6 is 0 Å². The van der Waals surface area contributed by atoms with Crippen LogP contribution in [0.1, 0.15) is 5.56 Å². The Hall–Kier alpha value is -7.36. The third kappa shape index (κ3) is 5.93. The first-order valence-corrected chi connectivity index (χ1v) is 16.9. The molecule has 0 bridgehead atoms. The molecule has 6 heteroatoms. The van der Waals surface area contributed by atoms with E-state index in [1.54, 1.807) is 0 Å². The second-order valence-electron chi connectivity index (χ2n) is 12.4. The number of para-hydroxylation sites is 2. The average molecular weight is 669 g/mol. The third-order valence-electron chi connectivity index (χ3n) is 9.05. The second-order valence-corrected chi connectivity index (χ2v) is 12.4. The summed E-state index contributed by atoms with van der Waals surface area (Å²) in [5.41, 5.74) is 9.25. The highest BCUT2D eigenvalue weighted by molar-refractivity contribution is 5.88. The topological polar surface area (TPSA) is 80.9 Å². The van der Waals surface area contributed by atoms with Crippen molar-refractivity contribution in [3.05, 3.63) is 175 Å². The van der Waals surface area contributed by atoms with Gasteiger partial charge in [0.1, 0.15) is 0 Å². The van der Waals surface area contributed by atoms with Gasteiger partial charge in [0, 0.05) is 16.7 Å². The number of rotatable bonds is 6. The molecule has 1 aliphatic heterocycles. The molecule has 6 nitrogen and oxygen atoms in total. The van der Waals surface area contributed by atoms with Crippen LogP contribution in [0.3, 0.4) is 0 Å². The Morgan fingerprint density at radius 1 is 0.346 bits per heavy atom. The first-order valence-electron chi connectivity index (χ1n) is 16.9. The fraction of sp³-hybridized carbons (Fsp3) is 0. The fourth-order valence-corrected chi connectivity index (χ4v) is 6.40. The van der Waals surface area contributed by atoms with Crippen LogP contribution in [0.25, 0.3) is 67.5 Å². The summed E-state index contributed by atoms with van der Waals surface area (Å²) in [5, 5.41) is 9.46. The van der Waals surface area contributed by atoms with Crippen LogP contribution in [-0.2, 0) is 0 Å². The van der Waals surface area contributed by atoms with E-state index in [1.165, 1.54) is 0 Å². The predicted molar refractivity (Wildman–Crippen MR) is 204 cm³/mol. The number of fused-ring (bicyclic) bond motifs is 2. The molecule has 0 aliphatic carbocycles. The summed E-state index contributed by atoms with van der Waals surface area (Å²) in [4.78, 5) is 15.0. The van der Waals surface area contributed by atoms with Crippen molar-refractivity contribution in [1.29, 1.82) is 5.26 Å². The molecule has 9 rings (SSSR count). The lowest BCUT2D eigenvalue weighted by atomic mass is 9.92. The van der Waals surface area contributed by atoms with E-state index in [0.29, 0.717) is 46.0 Å². The average Bonchev–Trinajstić information content (AvgIpc) is 3.23. The second kappa shape index (κ2) is 13.2. The minimum Gasteiger partial charge on any atom is -0.449 e. The zero-order chi connectivity index (χ0) is 34.9. The van der Waals surface area contributed by atoms with Crippen molar-refractivity contribution in [1.82, 2.24) is 15.0 Å². The highest BCUT2D eigenvalue weighted by Gasteiger charge is 2.23. The summed E-state index contributed by atoms with van der Waals surface area (Å²) in [6, 6.07) is 58.2. The molecule has 244 valence electrons. The van der Waals surface area contributed by atoms with Gasteiger partial charge in [-0.15, -0.1) is 0 Å². The zero-order valence-corrected chi connectivity index (χ0v) is 27.8. The van der Waals surface area contributed by atoms with E-state index in [0.717, 1.165) is 50.1 Å². The standard InChI is InChI=1S/C46H28N4O2/c47-29-30-18-20-33(21-19-30)38-27-42-43(52-41-17-8-7-16-40(41)51-42)28-39(38)36-14-9-15-37(26-36)46-49-44(34-12-5-2-6-13-34)48-45(50-46)35-24-22-32(23-25-35)31-10-3-1-4-11-31/h1-28H. The van der Waals surface area contributed by atoms with Crippen molar-refractivity contribution in [3.8, 4) is 96.6 Å². The van der Waals surface area contributed by atoms with Crippen LogP contribution in [0.15, 0.2) is 170 Å². The van der Waals surface area contributed by atoms with Crippen LogP contribution < -0.4 is 9.47 Å². The smallest absolute Gasteiger partial charge is 0.170 e. The van der Waals surface area contributed by atoms with E-state index in [1.807, 2.05) is 121 Å². The minimum absolute atomic E-state index is 0.559. The summed E-state index contributed by atoms with van der Waals surface area (Å²) in [6.07, 6.45) is 0. The summed E-state index contributed by atoms with van der Waals surface area (Å²) in [6.45, 7) is 0. The molecular weight excluding hydrogens is 641 g/mol. The summed E-state index contributed by atoms with van der Waals surface area (Å²) in [7, 11) is 0. The maximum Gasteiger partial charge on any atom is 0.170 e. The molecule has 0 radical (unpaired) electrons. The van der Waals surface area contributed by atoms with E-state index in [4.69, 9.17) is 24.4 Å². The fourth-order valence-electron chi connectivity index (χ4n) is 6.40. The Bertz CT molecular complexity index is 2620. The van der Waals surface area contributed by atoms with Gasteiger partial charge in [0.15, 0.2) is 40.5 Å². The van der Waals surface area contributed by atoms with Crippen molar-refractivity contribution >= 4 is 0 Å². The number of ether oxygens (including phenoxy) is 2. The number of hydrogen-bond donors (Lipinski definition) is 0. The molecule has 1 aliphatic rings. The van der Waals surface area contributed by atoms with E-state index in [-0.39, 0.29) is 0 Å². The number of aromatic nitrogens is 3. The maximum atomic E-state index is 9.46. The molecule has 2 heterocycles. The van der Waals surface area contributed by atoms with Gasteiger partial charge in [-0.05, 0) is 75.8 Å².